The Morgan fingerprint density at radius 1 is 1.38 bits per heavy atom. The van der Waals surface area contributed by atoms with Crippen molar-refractivity contribution in [2.24, 2.45) is 0 Å². The first kappa shape index (κ1) is 15.2. The molecule has 0 spiro atoms. The maximum atomic E-state index is 10.9. The van der Waals surface area contributed by atoms with Crippen LogP contribution in [0.25, 0.3) is 0 Å². The second-order valence-corrected chi connectivity index (χ2v) is 4.59. The normalized spacial score (nSPS) is 12.4. The van der Waals surface area contributed by atoms with Gasteiger partial charge in [-0.1, -0.05) is 47.5 Å². The average Bonchev–Trinajstić information content (AvgIpc) is 2.11. The SMILES string of the molecule is C=CCOC(=O)OC(OC(=O)O)C(Cl)(Cl)Cl. The monoisotopic (exact) mass is 292 g/mol. The van der Waals surface area contributed by atoms with Crippen molar-refractivity contribution >= 4 is 47.1 Å². The Labute approximate surface area is 106 Å². The van der Waals surface area contributed by atoms with Gasteiger partial charge in [-0.2, -0.15) is 0 Å². The van der Waals surface area contributed by atoms with Gasteiger partial charge in [-0.3, -0.25) is 0 Å². The van der Waals surface area contributed by atoms with Crippen LogP contribution in [0.2, 0.25) is 0 Å². The summed E-state index contributed by atoms with van der Waals surface area (Å²) in [5, 5.41) is 8.29. The molecule has 1 unspecified atom stereocenters. The highest BCUT2D eigenvalue weighted by molar-refractivity contribution is 6.68. The molecule has 0 radical (unpaired) electrons. The number of carboxylic acid groups (broad SMARTS) is 1. The zero-order valence-corrected chi connectivity index (χ0v) is 9.96. The predicted molar refractivity (Wildman–Crippen MR) is 55.8 cm³/mol. The predicted octanol–water partition coefficient (Wildman–Crippen LogP) is 2.72. The molecule has 0 amide bonds. The Bertz CT molecular complexity index is 274. The molecule has 0 fully saturated rings. The third-order valence-electron chi connectivity index (χ3n) is 0.997. The molecule has 16 heavy (non-hydrogen) atoms. The van der Waals surface area contributed by atoms with Crippen molar-refractivity contribution in [3.05, 3.63) is 12.7 Å². The van der Waals surface area contributed by atoms with Crippen molar-refractivity contribution in [3.8, 4) is 0 Å². The summed E-state index contributed by atoms with van der Waals surface area (Å²) in [6.45, 7) is 3.13. The molecular formula is C7H7Cl3O6. The molecule has 0 bridgehead atoms. The van der Waals surface area contributed by atoms with Crippen LogP contribution < -0.4 is 0 Å². The first-order valence-electron chi connectivity index (χ1n) is 3.68. The number of halogens is 3. The van der Waals surface area contributed by atoms with E-state index in [1.54, 1.807) is 0 Å². The zero-order chi connectivity index (χ0) is 12.8. The number of ether oxygens (including phenoxy) is 3. The van der Waals surface area contributed by atoms with Crippen molar-refractivity contribution in [2.75, 3.05) is 6.61 Å². The van der Waals surface area contributed by atoms with E-state index in [1.165, 1.54) is 6.08 Å². The van der Waals surface area contributed by atoms with Crippen LogP contribution in [0.4, 0.5) is 9.59 Å². The highest BCUT2D eigenvalue weighted by atomic mass is 35.6. The Morgan fingerprint density at radius 3 is 2.31 bits per heavy atom. The van der Waals surface area contributed by atoms with Crippen molar-refractivity contribution in [1.82, 2.24) is 0 Å². The zero-order valence-electron chi connectivity index (χ0n) is 7.69. The summed E-state index contributed by atoms with van der Waals surface area (Å²) >= 11 is 15.9. The van der Waals surface area contributed by atoms with Gasteiger partial charge in [0, 0.05) is 0 Å². The topological polar surface area (TPSA) is 82.1 Å². The van der Waals surface area contributed by atoms with Gasteiger partial charge in [0.25, 0.3) is 3.79 Å². The molecule has 1 N–H and O–H groups in total. The lowest BCUT2D eigenvalue weighted by Crippen LogP contribution is -2.35. The van der Waals surface area contributed by atoms with Gasteiger partial charge in [-0.05, 0) is 0 Å². The molecule has 0 aliphatic carbocycles. The fourth-order valence-corrected chi connectivity index (χ4v) is 0.765. The molecule has 0 saturated carbocycles. The van der Waals surface area contributed by atoms with Gasteiger partial charge >= 0.3 is 18.6 Å². The van der Waals surface area contributed by atoms with Crippen molar-refractivity contribution in [2.45, 2.75) is 10.1 Å². The van der Waals surface area contributed by atoms with E-state index in [-0.39, 0.29) is 6.61 Å². The van der Waals surface area contributed by atoms with Crippen LogP contribution in [-0.4, -0.2) is 34.1 Å². The van der Waals surface area contributed by atoms with Crippen molar-refractivity contribution < 1.29 is 28.9 Å². The number of rotatable bonds is 4. The Balaban J connectivity index is 4.37. The van der Waals surface area contributed by atoms with Crippen molar-refractivity contribution in [3.63, 3.8) is 0 Å². The molecular weight excluding hydrogens is 286 g/mol. The first-order valence-corrected chi connectivity index (χ1v) is 4.81. The molecule has 0 heterocycles. The number of carbonyl (C=O) groups excluding carboxylic acids is 1. The maximum absolute atomic E-state index is 10.9. The largest absolute Gasteiger partial charge is 0.511 e. The van der Waals surface area contributed by atoms with Crippen LogP contribution in [0.3, 0.4) is 0 Å². The van der Waals surface area contributed by atoms with Gasteiger partial charge in [0.15, 0.2) is 0 Å². The summed E-state index contributed by atoms with van der Waals surface area (Å²) in [5.41, 5.74) is 0. The Hall–Kier alpha value is -0.850. The third-order valence-corrected chi connectivity index (χ3v) is 1.53. The number of alkyl halides is 3. The average molecular weight is 293 g/mol. The van der Waals surface area contributed by atoms with E-state index in [1.807, 2.05) is 0 Å². The van der Waals surface area contributed by atoms with Crippen LogP contribution in [0, 0.1) is 0 Å². The lowest BCUT2D eigenvalue weighted by Gasteiger charge is -2.21. The molecule has 9 heteroatoms. The van der Waals surface area contributed by atoms with Gasteiger partial charge < -0.3 is 19.3 Å². The van der Waals surface area contributed by atoms with E-state index in [9.17, 15) is 9.59 Å². The fourth-order valence-electron chi connectivity index (χ4n) is 0.498. The minimum absolute atomic E-state index is 0.140. The second-order valence-electron chi connectivity index (χ2n) is 2.22. The minimum Gasteiger partial charge on any atom is -0.450 e. The van der Waals surface area contributed by atoms with Crippen LogP contribution >= 0.6 is 34.8 Å². The van der Waals surface area contributed by atoms with E-state index >= 15 is 0 Å². The highest BCUT2D eigenvalue weighted by Gasteiger charge is 2.40. The maximum Gasteiger partial charge on any atom is 0.511 e. The molecule has 92 valence electrons. The minimum atomic E-state index is -2.26. The van der Waals surface area contributed by atoms with E-state index in [0.29, 0.717) is 0 Å². The molecule has 0 aliphatic rings. The molecule has 0 aromatic heterocycles. The lowest BCUT2D eigenvalue weighted by atomic mass is 10.7. The molecule has 0 aromatic rings. The van der Waals surface area contributed by atoms with Gasteiger partial charge in [-0.15, -0.1) is 0 Å². The summed E-state index contributed by atoms with van der Waals surface area (Å²) in [6, 6.07) is 0. The van der Waals surface area contributed by atoms with Crippen LogP contribution in [-0.2, 0) is 14.2 Å². The number of hydrogen-bond donors (Lipinski definition) is 1. The first-order chi connectivity index (χ1) is 7.27. The summed E-state index contributed by atoms with van der Waals surface area (Å²) in [5.74, 6) is 0. The second kappa shape index (κ2) is 6.67. The molecule has 0 saturated heterocycles. The van der Waals surface area contributed by atoms with Gasteiger partial charge in [-0.25, -0.2) is 9.59 Å². The molecule has 0 aromatic carbocycles. The molecule has 0 rings (SSSR count). The quantitative estimate of drug-likeness (QED) is 0.371. The van der Waals surface area contributed by atoms with Crippen LogP contribution in [0.15, 0.2) is 12.7 Å². The van der Waals surface area contributed by atoms with Gasteiger partial charge in [0.2, 0.25) is 0 Å². The van der Waals surface area contributed by atoms with E-state index in [0.717, 1.165) is 0 Å². The lowest BCUT2D eigenvalue weighted by molar-refractivity contribution is -0.0935. The smallest absolute Gasteiger partial charge is 0.450 e. The standard InChI is InChI=1S/C7H7Cl3O6/c1-2-3-14-6(13)16-4(7(8,9)10)15-5(11)12/h2,4H,1,3H2,(H,11,12). The van der Waals surface area contributed by atoms with E-state index in [4.69, 9.17) is 39.9 Å². The third kappa shape index (κ3) is 6.60. The summed E-state index contributed by atoms with van der Waals surface area (Å²) in [7, 11) is 0. The van der Waals surface area contributed by atoms with E-state index in [2.05, 4.69) is 20.8 Å². The fraction of sp³-hybridized carbons (Fsp3) is 0.429. The number of carbonyl (C=O) groups is 2. The Kier molecular flexibility index (Phi) is 6.32. The molecule has 1 atom stereocenters. The van der Waals surface area contributed by atoms with E-state index < -0.39 is 22.4 Å². The highest BCUT2D eigenvalue weighted by Crippen LogP contribution is 2.33. The molecule has 0 aliphatic heterocycles. The van der Waals surface area contributed by atoms with Crippen molar-refractivity contribution in [1.29, 1.82) is 0 Å². The van der Waals surface area contributed by atoms with Gasteiger partial charge in [0.05, 0.1) is 0 Å². The Morgan fingerprint density at radius 2 is 1.94 bits per heavy atom. The summed E-state index contributed by atoms with van der Waals surface area (Å²) in [4.78, 5) is 21.1. The summed E-state index contributed by atoms with van der Waals surface area (Å²) < 4.78 is 10.5. The molecule has 6 nitrogen and oxygen atoms in total. The summed E-state index contributed by atoms with van der Waals surface area (Å²) in [6.07, 6.45) is -3.68. The van der Waals surface area contributed by atoms with Gasteiger partial charge in [0.1, 0.15) is 6.61 Å². The van der Waals surface area contributed by atoms with Crippen LogP contribution in [0.5, 0.6) is 0 Å². The van der Waals surface area contributed by atoms with Crippen LogP contribution in [0.1, 0.15) is 0 Å². The number of hydrogen-bond acceptors (Lipinski definition) is 5.